The molecule has 4 bridgehead atoms. The van der Waals surface area contributed by atoms with Crippen LogP contribution in [-0.2, 0) is 21.4 Å². The van der Waals surface area contributed by atoms with Gasteiger partial charge in [0.25, 0.3) is 5.91 Å². The first kappa shape index (κ1) is 33.0. The summed E-state index contributed by atoms with van der Waals surface area (Å²) in [4.78, 5) is 52.2. The van der Waals surface area contributed by atoms with Crippen LogP contribution in [0.3, 0.4) is 0 Å². The molecule has 2 aromatic heterocycles. The average molecular weight is 695 g/mol. The first-order chi connectivity index (χ1) is 24.4. The lowest BCUT2D eigenvalue weighted by molar-refractivity contribution is -0.136. The Morgan fingerprint density at radius 1 is 1.06 bits per heavy atom. The molecule has 266 valence electrons. The van der Waals surface area contributed by atoms with E-state index in [2.05, 4.69) is 20.9 Å². The summed E-state index contributed by atoms with van der Waals surface area (Å²) in [5, 5.41) is 20.0. The fourth-order valence-electron chi connectivity index (χ4n) is 7.69. The number of aliphatic hydroxyl groups excluding tert-OH is 1. The number of hydrogen-bond donors (Lipinski definition) is 4. The number of fused-ring (bicyclic) bond motifs is 4. The van der Waals surface area contributed by atoms with Gasteiger partial charge in [-0.1, -0.05) is 65.0 Å². The van der Waals surface area contributed by atoms with Gasteiger partial charge in [0.2, 0.25) is 23.6 Å². The summed E-state index contributed by atoms with van der Waals surface area (Å²) in [6.07, 6.45) is 1.43. The second-order valence-corrected chi connectivity index (χ2v) is 15.4. The zero-order valence-corrected chi connectivity index (χ0v) is 29.3. The van der Waals surface area contributed by atoms with Crippen molar-refractivity contribution in [1.29, 1.82) is 0 Å². The van der Waals surface area contributed by atoms with E-state index in [-0.39, 0.29) is 41.4 Å². The minimum absolute atomic E-state index is 0.103. The second kappa shape index (κ2) is 12.0. The number of rotatable bonds is 5. The number of aromatic nitrogens is 2. The molecule has 0 saturated carbocycles. The van der Waals surface area contributed by atoms with E-state index in [9.17, 15) is 19.5 Å². The number of anilines is 1. The van der Waals surface area contributed by atoms with Gasteiger partial charge in [-0.2, -0.15) is 0 Å². The molecule has 3 amide bonds. The van der Waals surface area contributed by atoms with Gasteiger partial charge in [-0.05, 0) is 47.4 Å². The van der Waals surface area contributed by atoms with Gasteiger partial charge < -0.3 is 39.5 Å². The predicted octanol–water partition coefficient (Wildman–Crippen LogP) is 4.31. The molecular weight excluding hydrogens is 652 g/mol. The van der Waals surface area contributed by atoms with E-state index in [0.717, 1.165) is 35.2 Å². The van der Waals surface area contributed by atoms with Gasteiger partial charge in [0.15, 0.2) is 23.4 Å². The highest BCUT2D eigenvalue weighted by atomic mass is 16.5. The van der Waals surface area contributed by atoms with Crippen LogP contribution >= 0.6 is 0 Å². The Labute approximate surface area is 295 Å². The van der Waals surface area contributed by atoms with E-state index in [1.807, 2.05) is 63.2 Å². The number of aliphatic hydroxyl groups is 1. The van der Waals surface area contributed by atoms with Crippen molar-refractivity contribution >= 4 is 23.4 Å². The van der Waals surface area contributed by atoms with Gasteiger partial charge in [0.1, 0.15) is 35.6 Å². The summed E-state index contributed by atoms with van der Waals surface area (Å²) < 4.78 is 19.6. The molecule has 51 heavy (non-hydrogen) atoms. The van der Waals surface area contributed by atoms with Crippen molar-refractivity contribution in [3.8, 4) is 17.3 Å². The number of carbonyl (C=O) groups excluding carboxylic acids is 3. The number of para-hydroxylation sites is 1. The van der Waals surface area contributed by atoms with Gasteiger partial charge in [-0.25, -0.2) is 9.97 Å². The summed E-state index contributed by atoms with van der Waals surface area (Å²) >= 11 is 0. The zero-order valence-electron chi connectivity index (χ0n) is 29.3. The van der Waals surface area contributed by atoms with Crippen molar-refractivity contribution in [2.45, 2.75) is 83.7 Å². The Hall–Kier alpha value is -5.17. The number of ether oxygens (including phenoxy) is 1. The maximum absolute atomic E-state index is 14.2. The van der Waals surface area contributed by atoms with E-state index < -0.39 is 47.1 Å². The van der Waals surface area contributed by atoms with Gasteiger partial charge >= 0.3 is 0 Å². The molecule has 8 rings (SSSR count). The van der Waals surface area contributed by atoms with Gasteiger partial charge in [0, 0.05) is 30.8 Å². The molecule has 13 nitrogen and oxygen atoms in total. The van der Waals surface area contributed by atoms with E-state index >= 15 is 0 Å². The third kappa shape index (κ3) is 5.28. The Bertz CT molecular complexity index is 2040. The van der Waals surface area contributed by atoms with Crippen molar-refractivity contribution in [2.24, 2.45) is 11.3 Å². The quantitative estimate of drug-likeness (QED) is 0.236. The highest BCUT2D eigenvalue weighted by molar-refractivity contribution is 5.93. The molecule has 2 aromatic carbocycles. The fourth-order valence-corrected chi connectivity index (χ4v) is 7.69. The van der Waals surface area contributed by atoms with Crippen LogP contribution in [0, 0.1) is 11.3 Å². The molecule has 13 heteroatoms. The molecule has 4 aliphatic heterocycles. The molecule has 1 fully saturated rings. The molecule has 0 aliphatic carbocycles. The molecule has 4 aromatic rings. The number of oxazole rings is 2. The molecule has 4 aliphatic rings. The molecule has 5 atom stereocenters. The summed E-state index contributed by atoms with van der Waals surface area (Å²) in [7, 11) is 0. The first-order valence-electron chi connectivity index (χ1n) is 17.6. The molecule has 6 heterocycles. The third-order valence-corrected chi connectivity index (χ3v) is 10.4. The topological polar surface area (TPSA) is 172 Å². The standard InChI is InChI=1S/C38H42N6O7/c1-19(2)28(45)32(47)39-24-17-20-12-13-26-22(16-20)38(21-10-6-7-11-23(21)41-36(38)50-26)30-27(42-34(51-30)29(37(3,4)5)43-31(24)46)33-40-25(18-49-33)35(48)44-14-8-9-15-44/h6-7,10-13,16,18-19,24,28-29,36,41,45H,8-9,14-15,17H2,1-5H3,(H,39,47)(H,43,46)/t24-,28-,29+,36?,38?/m0/s1. The Morgan fingerprint density at radius 2 is 1.82 bits per heavy atom. The van der Waals surface area contributed by atoms with E-state index in [4.69, 9.17) is 18.6 Å². The number of hydrogen-bond acceptors (Lipinski definition) is 10. The summed E-state index contributed by atoms with van der Waals surface area (Å²) in [5.74, 6) is -0.360. The summed E-state index contributed by atoms with van der Waals surface area (Å²) in [6.45, 7) is 10.7. The molecule has 0 radical (unpaired) electrons. The largest absolute Gasteiger partial charge is 0.469 e. The minimum Gasteiger partial charge on any atom is -0.469 e. The Kier molecular flexibility index (Phi) is 7.74. The fraction of sp³-hybridized carbons (Fsp3) is 0.447. The number of nitrogens with one attached hydrogen (secondary N) is 3. The highest BCUT2D eigenvalue weighted by Crippen LogP contribution is 2.59. The van der Waals surface area contributed by atoms with Crippen LogP contribution in [0.4, 0.5) is 5.69 Å². The number of likely N-dealkylation sites (tertiary alicyclic amines) is 1. The monoisotopic (exact) mass is 694 g/mol. The molecule has 2 unspecified atom stereocenters. The molecule has 4 N–H and O–H groups in total. The first-order valence-corrected chi connectivity index (χ1v) is 17.6. The van der Waals surface area contributed by atoms with Crippen LogP contribution in [0.2, 0.25) is 0 Å². The molecule has 1 saturated heterocycles. The van der Waals surface area contributed by atoms with Gasteiger partial charge in [0.05, 0.1) is 0 Å². The normalized spacial score (nSPS) is 24.1. The Morgan fingerprint density at radius 3 is 2.57 bits per heavy atom. The maximum Gasteiger partial charge on any atom is 0.275 e. The summed E-state index contributed by atoms with van der Waals surface area (Å²) in [6, 6.07) is 11.8. The third-order valence-electron chi connectivity index (χ3n) is 10.4. The number of benzene rings is 2. The number of amides is 3. The lowest BCUT2D eigenvalue weighted by Crippen LogP contribution is -2.53. The van der Waals surface area contributed by atoms with Crippen LogP contribution in [0.1, 0.15) is 92.3 Å². The van der Waals surface area contributed by atoms with E-state index in [1.54, 1.807) is 18.7 Å². The van der Waals surface area contributed by atoms with Crippen molar-refractivity contribution in [3.05, 3.63) is 82.8 Å². The number of nitrogens with zero attached hydrogens (tertiary/aromatic N) is 3. The van der Waals surface area contributed by atoms with E-state index in [0.29, 0.717) is 24.6 Å². The van der Waals surface area contributed by atoms with E-state index in [1.165, 1.54) is 6.26 Å². The zero-order chi connectivity index (χ0) is 35.8. The van der Waals surface area contributed by atoms with Crippen LogP contribution in [0.5, 0.6) is 5.75 Å². The van der Waals surface area contributed by atoms with Crippen LogP contribution in [0.25, 0.3) is 11.6 Å². The SMILES string of the molecule is CC(C)[C@H](O)C(=O)N[C@H]1Cc2ccc3c(c2)C2(c4ccccc4NC2O3)c2oc(nc2-c2nc(C(=O)N3CCCC3)co2)[C@H](C(C)(C)C)NC1=O. The highest BCUT2D eigenvalue weighted by Gasteiger charge is 2.61. The van der Waals surface area contributed by atoms with Crippen molar-refractivity contribution in [1.82, 2.24) is 25.5 Å². The average Bonchev–Trinajstić information content (AvgIpc) is 3.92. The lowest BCUT2D eigenvalue weighted by atomic mass is 9.72. The molecular formula is C38H42N6O7. The van der Waals surface area contributed by atoms with Crippen molar-refractivity contribution < 1.29 is 33.1 Å². The minimum atomic E-state index is -1.30. The van der Waals surface area contributed by atoms with Crippen molar-refractivity contribution in [2.75, 3.05) is 18.4 Å². The smallest absolute Gasteiger partial charge is 0.275 e. The summed E-state index contributed by atoms with van der Waals surface area (Å²) in [5.41, 5.74) is 1.99. The Balaban J connectivity index is 1.35. The van der Waals surface area contributed by atoms with Crippen LogP contribution < -0.4 is 20.7 Å². The van der Waals surface area contributed by atoms with Gasteiger partial charge in [-0.3, -0.25) is 14.4 Å². The number of carbonyl (C=O) groups is 3. The van der Waals surface area contributed by atoms with Gasteiger partial charge in [-0.15, -0.1) is 0 Å². The van der Waals surface area contributed by atoms with Crippen LogP contribution in [-0.4, -0.2) is 69.2 Å². The van der Waals surface area contributed by atoms with Crippen LogP contribution in [0.15, 0.2) is 57.6 Å². The predicted molar refractivity (Wildman–Crippen MR) is 185 cm³/mol. The maximum atomic E-state index is 14.2. The van der Waals surface area contributed by atoms with Crippen molar-refractivity contribution in [3.63, 3.8) is 0 Å². The lowest BCUT2D eigenvalue weighted by Gasteiger charge is -2.32. The molecule has 1 spiro atoms. The second-order valence-electron chi connectivity index (χ2n) is 15.4.